The number of aromatic nitrogens is 7. The van der Waals surface area contributed by atoms with Gasteiger partial charge < -0.3 is 14.3 Å². The molecular formula is C23H28N8O. The number of aldehydes is 1. The molecular weight excluding hydrogens is 404 g/mol. The van der Waals surface area contributed by atoms with Crippen molar-refractivity contribution in [2.45, 2.75) is 39.7 Å². The Hall–Kier alpha value is -3.49. The first-order valence-corrected chi connectivity index (χ1v) is 11.1. The van der Waals surface area contributed by atoms with Crippen molar-refractivity contribution >= 4 is 17.6 Å². The van der Waals surface area contributed by atoms with Crippen LogP contribution in [0.5, 0.6) is 0 Å². The zero-order valence-electron chi connectivity index (χ0n) is 18.9. The quantitative estimate of drug-likeness (QED) is 0.450. The monoisotopic (exact) mass is 432 g/mol. The van der Waals surface area contributed by atoms with E-state index in [4.69, 9.17) is 15.2 Å². The number of hydrogen-bond donors (Lipinski definition) is 0. The van der Waals surface area contributed by atoms with Crippen molar-refractivity contribution in [3.63, 3.8) is 0 Å². The van der Waals surface area contributed by atoms with Gasteiger partial charge in [-0.25, -0.2) is 14.5 Å². The number of carbonyl (C=O) groups excluding carboxylic acids is 1. The van der Waals surface area contributed by atoms with Gasteiger partial charge in [0.15, 0.2) is 11.6 Å². The number of hydrogen-bond acceptors (Lipinski definition) is 6. The largest absolute Gasteiger partial charge is 0.354 e. The second kappa shape index (κ2) is 7.89. The minimum absolute atomic E-state index is 0.0202. The van der Waals surface area contributed by atoms with Gasteiger partial charge in [0.2, 0.25) is 5.82 Å². The van der Waals surface area contributed by atoms with Crippen molar-refractivity contribution in [3.05, 3.63) is 36.4 Å². The van der Waals surface area contributed by atoms with Gasteiger partial charge in [-0.3, -0.25) is 4.68 Å². The molecule has 166 valence electrons. The third-order valence-electron chi connectivity index (χ3n) is 6.25. The fraction of sp³-hybridized carbons (Fsp3) is 0.435. The maximum atomic E-state index is 11.5. The molecule has 0 aliphatic carbocycles. The van der Waals surface area contributed by atoms with Gasteiger partial charge in [0, 0.05) is 62.4 Å². The number of carbonyl (C=O) groups is 1. The van der Waals surface area contributed by atoms with Crippen molar-refractivity contribution in [3.8, 4) is 22.9 Å². The SMILES string of the molecule is Cc1c(-c2ccn(C(C)C)n2)cn2nc(-c3nccn3C)nc(N3CCCC(C=O)C3)c12. The summed E-state index contributed by atoms with van der Waals surface area (Å²) in [5.41, 5.74) is 3.97. The number of rotatable bonds is 5. The fourth-order valence-electron chi connectivity index (χ4n) is 4.45. The molecule has 0 spiro atoms. The molecule has 4 aromatic heterocycles. The minimum atomic E-state index is 0.0202. The highest BCUT2D eigenvalue weighted by Gasteiger charge is 2.26. The van der Waals surface area contributed by atoms with Gasteiger partial charge in [-0.1, -0.05) is 0 Å². The summed E-state index contributed by atoms with van der Waals surface area (Å²) in [7, 11) is 1.93. The average Bonchev–Trinajstić information content (AvgIpc) is 3.52. The number of piperidine rings is 1. The van der Waals surface area contributed by atoms with Crippen LogP contribution in [0.4, 0.5) is 5.82 Å². The molecule has 4 aromatic rings. The Labute approximate surface area is 186 Å². The smallest absolute Gasteiger partial charge is 0.218 e. The van der Waals surface area contributed by atoms with Crippen LogP contribution in [0.2, 0.25) is 0 Å². The molecule has 0 saturated carbocycles. The molecule has 9 heteroatoms. The topological polar surface area (TPSA) is 86.1 Å². The molecule has 1 aliphatic heterocycles. The van der Waals surface area contributed by atoms with Crippen LogP contribution in [0.15, 0.2) is 30.9 Å². The van der Waals surface area contributed by atoms with Crippen LogP contribution in [0, 0.1) is 12.8 Å². The van der Waals surface area contributed by atoms with E-state index in [-0.39, 0.29) is 5.92 Å². The van der Waals surface area contributed by atoms with E-state index in [0.717, 1.165) is 53.8 Å². The maximum Gasteiger partial charge on any atom is 0.218 e. The summed E-state index contributed by atoms with van der Waals surface area (Å²) >= 11 is 0. The van der Waals surface area contributed by atoms with E-state index in [1.165, 1.54) is 0 Å². The lowest BCUT2D eigenvalue weighted by molar-refractivity contribution is -0.111. The van der Waals surface area contributed by atoms with E-state index in [9.17, 15) is 4.79 Å². The molecule has 1 aliphatic rings. The normalized spacial score (nSPS) is 16.9. The fourth-order valence-corrected chi connectivity index (χ4v) is 4.45. The van der Waals surface area contributed by atoms with Gasteiger partial charge in [0.05, 0.1) is 5.69 Å². The molecule has 1 saturated heterocycles. The number of fused-ring (bicyclic) bond motifs is 1. The zero-order chi connectivity index (χ0) is 22.4. The van der Waals surface area contributed by atoms with Crippen LogP contribution in [0.25, 0.3) is 28.4 Å². The number of nitrogens with zero attached hydrogens (tertiary/aromatic N) is 8. The van der Waals surface area contributed by atoms with Crippen LogP contribution < -0.4 is 4.90 Å². The molecule has 5 heterocycles. The van der Waals surface area contributed by atoms with Gasteiger partial charge in [0.1, 0.15) is 11.8 Å². The van der Waals surface area contributed by atoms with Crippen molar-refractivity contribution < 1.29 is 4.79 Å². The Balaban J connectivity index is 1.70. The number of anilines is 1. The maximum absolute atomic E-state index is 11.5. The highest BCUT2D eigenvalue weighted by atomic mass is 16.1. The molecule has 5 rings (SSSR count). The second-order valence-corrected chi connectivity index (χ2v) is 8.84. The standard InChI is InChI=1S/C23H28N8O/c1-15(2)30-10-7-19(26-30)18-13-31-20(16(18)3)22(29-9-5-6-17(12-29)14-32)25-21(27-31)23-24-8-11-28(23)4/h7-8,10-11,13-15,17H,5-6,9,12H2,1-4H3. The summed E-state index contributed by atoms with van der Waals surface area (Å²) in [6, 6.07) is 2.33. The van der Waals surface area contributed by atoms with Gasteiger partial charge in [0.25, 0.3) is 0 Å². The Kier molecular flexibility index (Phi) is 5.03. The van der Waals surface area contributed by atoms with E-state index < -0.39 is 0 Å². The molecule has 0 bridgehead atoms. The Morgan fingerprint density at radius 3 is 2.75 bits per heavy atom. The molecule has 32 heavy (non-hydrogen) atoms. The molecule has 0 aromatic carbocycles. The minimum Gasteiger partial charge on any atom is -0.354 e. The van der Waals surface area contributed by atoms with Gasteiger partial charge in [-0.05, 0) is 45.2 Å². The van der Waals surface area contributed by atoms with Crippen LogP contribution in [0.1, 0.15) is 38.3 Å². The van der Waals surface area contributed by atoms with E-state index in [2.05, 4.69) is 30.7 Å². The number of imidazole rings is 1. The first-order chi connectivity index (χ1) is 15.5. The lowest BCUT2D eigenvalue weighted by Crippen LogP contribution is -2.37. The first-order valence-electron chi connectivity index (χ1n) is 11.1. The van der Waals surface area contributed by atoms with Gasteiger partial charge in [-0.15, -0.1) is 5.10 Å². The van der Waals surface area contributed by atoms with Crippen LogP contribution in [-0.4, -0.2) is 53.3 Å². The summed E-state index contributed by atoms with van der Waals surface area (Å²) in [4.78, 5) is 23.2. The summed E-state index contributed by atoms with van der Waals surface area (Å²) < 4.78 is 5.77. The highest BCUT2D eigenvalue weighted by Crippen LogP contribution is 2.34. The Bertz CT molecular complexity index is 1280. The molecule has 1 atom stereocenters. The predicted octanol–water partition coefficient (Wildman–Crippen LogP) is 3.30. The van der Waals surface area contributed by atoms with Gasteiger partial charge >= 0.3 is 0 Å². The summed E-state index contributed by atoms with van der Waals surface area (Å²) in [5, 5.41) is 9.58. The predicted molar refractivity (Wildman–Crippen MR) is 123 cm³/mol. The third kappa shape index (κ3) is 3.37. The van der Waals surface area contributed by atoms with Crippen molar-refractivity contribution in [2.24, 2.45) is 13.0 Å². The average molecular weight is 433 g/mol. The van der Waals surface area contributed by atoms with Crippen molar-refractivity contribution in [1.29, 1.82) is 0 Å². The van der Waals surface area contributed by atoms with Crippen molar-refractivity contribution in [1.82, 2.24) is 33.9 Å². The highest BCUT2D eigenvalue weighted by molar-refractivity contribution is 5.83. The summed E-state index contributed by atoms with van der Waals surface area (Å²) in [6.45, 7) is 7.84. The number of aryl methyl sites for hydroxylation is 2. The summed E-state index contributed by atoms with van der Waals surface area (Å²) in [5.74, 6) is 2.13. The Morgan fingerprint density at radius 1 is 1.22 bits per heavy atom. The van der Waals surface area contributed by atoms with Crippen LogP contribution in [-0.2, 0) is 11.8 Å². The van der Waals surface area contributed by atoms with Crippen molar-refractivity contribution in [2.75, 3.05) is 18.0 Å². The van der Waals surface area contributed by atoms with Gasteiger partial charge in [-0.2, -0.15) is 5.10 Å². The van der Waals surface area contributed by atoms with Crippen LogP contribution in [0.3, 0.4) is 0 Å². The van der Waals surface area contributed by atoms with E-state index in [0.29, 0.717) is 24.2 Å². The lowest BCUT2D eigenvalue weighted by atomic mass is 9.99. The second-order valence-electron chi connectivity index (χ2n) is 8.84. The molecule has 1 unspecified atom stereocenters. The van der Waals surface area contributed by atoms with E-state index >= 15 is 0 Å². The van der Waals surface area contributed by atoms with E-state index in [1.54, 1.807) is 6.20 Å². The summed E-state index contributed by atoms with van der Waals surface area (Å²) in [6.07, 6.45) is 10.6. The first kappa shape index (κ1) is 20.4. The molecule has 0 N–H and O–H groups in total. The molecule has 9 nitrogen and oxygen atoms in total. The third-order valence-corrected chi connectivity index (χ3v) is 6.25. The zero-order valence-corrected chi connectivity index (χ0v) is 18.9. The Morgan fingerprint density at radius 2 is 2.06 bits per heavy atom. The molecule has 0 radical (unpaired) electrons. The molecule has 0 amide bonds. The van der Waals surface area contributed by atoms with Crippen LogP contribution >= 0.6 is 0 Å². The molecule has 1 fully saturated rings. The lowest BCUT2D eigenvalue weighted by Gasteiger charge is -2.31. The van der Waals surface area contributed by atoms with E-state index in [1.807, 2.05) is 45.5 Å².